The SMILES string of the molecule is CSc1cc(C)c(I)cc1C. The minimum absolute atomic E-state index is 1.36. The molecule has 1 aromatic carbocycles. The second kappa shape index (κ2) is 3.81. The van der Waals surface area contributed by atoms with Gasteiger partial charge in [0.05, 0.1) is 0 Å². The molecule has 0 heterocycles. The minimum Gasteiger partial charge on any atom is -0.129 e. The lowest BCUT2D eigenvalue weighted by atomic mass is 10.2. The molecule has 0 fully saturated rings. The van der Waals surface area contributed by atoms with Crippen LogP contribution in [0, 0.1) is 17.4 Å². The highest BCUT2D eigenvalue weighted by atomic mass is 127. The fourth-order valence-electron chi connectivity index (χ4n) is 0.974. The quantitative estimate of drug-likeness (QED) is 0.558. The number of hydrogen-bond donors (Lipinski definition) is 0. The van der Waals surface area contributed by atoms with Gasteiger partial charge < -0.3 is 0 Å². The maximum absolute atomic E-state index is 2.37. The van der Waals surface area contributed by atoms with Crippen molar-refractivity contribution in [1.82, 2.24) is 0 Å². The molecule has 60 valence electrons. The van der Waals surface area contributed by atoms with Crippen LogP contribution in [0.5, 0.6) is 0 Å². The van der Waals surface area contributed by atoms with Crippen LogP contribution in [0.15, 0.2) is 17.0 Å². The molecule has 0 atom stereocenters. The number of benzene rings is 1. The van der Waals surface area contributed by atoms with Crippen molar-refractivity contribution in [1.29, 1.82) is 0 Å². The average molecular weight is 278 g/mol. The molecular formula is C9H11IS. The summed E-state index contributed by atoms with van der Waals surface area (Å²) >= 11 is 4.19. The summed E-state index contributed by atoms with van der Waals surface area (Å²) in [6, 6.07) is 4.49. The van der Waals surface area contributed by atoms with Gasteiger partial charge in [0.1, 0.15) is 0 Å². The van der Waals surface area contributed by atoms with Crippen molar-refractivity contribution < 1.29 is 0 Å². The van der Waals surface area contributed by atoms with Crippen molar-refractivity contribution in [2.45, 2.75) is 18.7 Å². The number of thioether (sulfide) groups is 1. The van der Waals surface area contributed by atoms with E-state index < -0.39 is 0 Å². The van der Waals surface area contributed by atoms with Gasteiger partial charge >= 0.3 is 0 Å². The van der Waals surface area contributed by atoms with E-state index in [1.807, 2.05) is 11.8 Å². The zero-order valence-electron chi connectivity index (χ0n) is 6.94. The number of hydrogen-bond acceptors (Lipinski definition) is 1. The summed E-state index contributed by atoms with van der Waals surface area (Å²) in [4.78, 5) is 1.39. The lowest BCUT2D eigenvalue weighted by Gasteiger charge is -2.05. The van der Waals surface area contributed by atoms with Gasteiger partial charge in [0.2, 0.25) is 0 Å². The molecule has 0 aliphatic rings. The van der Waals surface area contributed by atoms with Crippen molar-refractivity contribution >= 4 is 34.4 Å². The first kappa shape index (κ1) is 9.39. The Morgan fingerprint density at radius 1 is 1.18 bits per heavy atom. The van der Waals surface area contributed by atoms with Crippen molar-refractivity contribution in [3.63, 3.8) is 0 Å². The van der Waals surface area contributed by atoms with Gasteiger partial charge in [0.25, 0.3) is 0 Å². The molecule has 1 aromatic rings. The Kier molecular flexibility index (Phi) is 3.25. The third-order valence-corrected chi connectivity index (χ3v) is 3.72. The van der Waals surface area contributed by atoms with Crippen molar-refractivity contribution in [2.24, 2.45) is 0 Å². The maximum atomic E-state index is 2.37. The zero-order chi connectivity index (χ0) is 8.43. The van der Waals surface area contributed by atoms with Crippen molar-refractivity contribution in [3.05, 3.63) is 26.8 Å². The van der Waals surface area contributed by atoms with E-state index in [0.29, 0.717) is 0 Å². The van der Waals surface area contributed by atoms with E-state index in [1.54, 1.807) is 0 Å². The van der Waals surface area contributed by atoms with E-state index in [-0.39, 0.29) is 0 Å². The second-order valence-electron chi connectivity index (χ2n) is 2.57. The smallest absolute Gasteiger partial charge is 0.0162 e. The highest BCUT2D eigenvalue weighted by Gasteiger charge is 1.99. The molecule has 0 radical (unpaired) electrons. The molecule has 0 saturated heterocycles. The summed E-state index contributed by atoms with van der Waals surface area (Å²) in [5, 5.41) is 0. The van der Waals surface area contributed by atoms with E-state index in [0.717, 1.165) is 0 Å². The first-order chi connectivity index (χ1) is 5.15. The molecule has 11 heavy (non-hydrogen) atoms. The van der Waals surface area contributed by atoms with Gasteiger partial charge in [-0.3, -0.25) is 0 Å². The number of aryl methyl sites for hydroxylation is 2. The summed E-state index contributed by atoms with van der Waals surface area (Å²) in [6.07, 6.45) is 2.12. The van der Waals surface area contributed by atoms with E-state index in [4.69, 9.17) is 0 Å². The first-order valence-corrected chi connectivity index (χ1v) is 5.76. The van der Waals surface area contributed by atoms with E-state index >= 15 is 0 Å². The molecule has 0 bridgehead atoms. The molecule has 0 amide bonds. The van der Waals surface area contributed by atoms with Crippen molar-refractivity contribution in [2.75, 3.05) is 6.26 Å². The minimum atomic E-state index is 1.36. The lowest BCUT2D eigenvalue weighted by molar-refractivity contribution is 1.24. The fraction of sp³-hybridized carbons (Fsp3) is 0.333. The first-order valence-electron chi connectivity index (χ1n) is 3.46. The van der Waals surface area contributed by atoms with Crippen molar-refractivity contribution in [3.8, 4) is 0 Å². The van der Waals surface area contributed by atoms with Crippen LogP contribution in [0.2, 0.25) is 0 Å². The topological polar surface area (TPSA) is 0 Å². The third kappa shape index (κ3) is 2.12. The predicted molar refractivity (Wildman–Crippen MR) is 60.4 cm³/mol. The van der Waals surface area contributed by atoms with E-state index in [9.17, 15) is 0 Å². The molecule has 0 aromatic heterocycles. The molecule has 2 heteroatoms. The molecule has 0 unspecified atom stereocenters. The average Bonchev–Trinajstić information content (AvgIpc) is 1.97. The van der Waals surface area contributed by atoms with Gasteiger partial charge in [0, 0.05) is 8.47 Å². The van der Waals surface area contributed by atoms with Crippen LogP contribution in [0.25, 0.3) is 0 Å². The van der Waals surface area contributed by atoms with E-state index in [1.165, 1.54) is 19.6 Å². The van der Waals surface area contributed by atoms with Gasteiger partial charge in [-0.1, -0.05) is 0 Å². The van der Waals surface area contributed by atoms with Crippen LogP contribution in [-0.4, -0.2) is 6.26 Å². The normalized spacial score (nSPS) is 10.2. The molecule has 0 spiro atoms. The molecule has 0 N–H and O–H groups in total. The molecule has 0 aliphatic carbocycles. The highest BCUT2D eigenvalue weighted by Crippen LogP contribution is 2.24. The Morgan fingerprint density at radius 2 is 1.82 bits per heavy atom. The molecule has 0 saturated carbocycles. The van der Waals surface area contributed by atoms with Gasteiger partial charge in [-0.05, 0) is 66.0 Å². The standard InChI is InChI=1S/C9H11IS/c1-6-5-9(11-3)7(2)4-8(6)10/h4-5H,1-3H3. The third-order valence-electron chi connectivity index (χ3n) is 1.68. The Hall–Kier alpha value is 0.300. The Morgan fingerprint density at radius 3 is 2.36 bits per heavy atom. The van der Waals surface area contributed by atoms with Crippen LogP contribution in [0.1, 0.15) is 11.1 Å². The fourth-order valence-corrected chi connectivity index (χ4v) is 2.27. The summed E-state index contributed by atoms with van der Waals surface area (Å²) < 4.78 is 1.36. The number of halogens is 1. The Balaban J connectivity index is 3.21. The Bertz CT molecular complexity index is 269. The van der Waals surface area contributed by atoms with Gasteiger partial charge in [-0.15, -0.1) is 11.8 Å². The van der Waals surface area contributed by atoms with Crippen LogP contribution in [0.4, 0.5) is 0 Å². The lowest BCUT2D eigenvalue weighted by Crippen LogP contribution is -1.85. The molecule has 0 aliphatic heterocycles. The second-order valence-corrected chi connectivity index (χ2v) is 4.58. The molecule has 0 nitrogen and oxygen atoms in total. The largest absolute Gasteiger partial charge is 0.129 e. The van der Waals surface area contributed by atoms with Gasteiger partial charge in [-0.25, -0.2) is 0 Å². The molecule has 1 rings (SSSR count). The summed E-state index contributed by atoms with van der Waals surface area (Å²) in [7, 11) is 0. The summed E-state index contributed by atoms with van der Waals surface area (Å²) in [5.41, 5.74) is 2.76. The van der Waals surface area contributed by atoms with Crippen LogP contribution < -0.4 is 0 Å². The number of rotatable bonds is 1. The van der Waals surface area contributed by atoms with Crippen LogP contribution in [0.3, 0.4) is 0 Å². The summed E-state index contributed by atoms with van der Waals surface area (Å²) in [5.74, 6) is 0. The molecular weight excluding hydrogens is 267 g/mol. The predicted octanol–water partition coefficient (Wildman–Crippen LogP) is 3.63. The zero-order valence-corrected chi connectivity index (χ0v) is 9.91. The summed E-state index contributed by atoms with van der Waals surface area (Å²) in [6.45, 7) is 4.31. The van der Waals surface area contributed by atoms with Crippen LogP contribution in [-0.2, 0) is 0 Å². The highest BCUT2D eigenvalue weighted by molar-refractivity contribution is 14.1. The maximum Gasteiger partial charge on any atom is 0.0162 e. The van der Waals surface area contributed by atoms with Gasteiger partial charge in [0.15, 0.2) is 0 Å². The van der Waals surface area contributed by atoms with E-state index in [2.05, 4.69) is 54.8 Å². The van der Waals surface area contributed by atoms with Crippen LogP contribution >= 0.6 is 34.4 Å². The van der Waals surface area contributed by atoms with Gasteiger partial charge in [-0.2, -0.15) is 0 Å². The monoisotopic (exact) mass is 278 g/mol. The Labute approximate surface area is 85.9 Å².